The molecule has 0 aromatic heterocycles. The largest absolute Gasteiger partial charge is 0.363 e. The molecule has 0 aliphatic carbocycles. The van der Waals surface area contributed by atoms with E-state index in [4.69, 9.17) is 9.47 Å². The van der Waals surface area contributed by atoms with Gasteiger partial charge in [-0.25, -0.2) is 0 Å². The van der Waals surface area contributed by atoms with Crippen LogP contribution in [0.4, 0.5) is 0 Å². The van der Waals surface area contributed by atoms with E-state index in [1.54, 1.807) is 0 Å². The minimum Gasteiger partial charge on any atom is -0.363 e. The third-order valence-electron chi connectivity index (χ3n) is 5.88. The molecule has 4 rings (SSSR count). The molecule has 4 heteroatoms. The average molecular weight is 379 g/mol. The molecule has 2 aromatic carbocycles. The molecule has 4 nitrogen and oxygen atoms in total. The SMILES string of the molecule is CC1(C/N=C/N2CCC(C(c3ccccc3)c3ccccc3)CC2)OCCO1. The monoisotopic (exact) mass is 378 g/mol. The van der Waals surface area contributed by atoms with Gasteiger partial charge in [0, 0.05) is 19.0 Å². The summed E-state index contributed by atoms with van der Waals surface area (Å²) < 4.78 is 11.2. The first-order valence-corrected chi connectivity index (χ1v) is 10.4. The topological polar surface area (TPSA) is 34.1 Å². The molecule has 0 atom stereocenters. The molecule has 0 saturated carbocycles. The number of piperidine rings is 1. The van der Waals surface area contributed by atoms with Crippen LogP contribution >= 0.6 is 0 Å². The van der Waals surface area contributed by atoms with E-state index in [2.05, 4.69) is 70.6 Å². The van der Waals surface area contributed by atoms with Gasteiger partial charge in [0.05, 0.1) is 26.1 Å². The summed E-state index contributed by atoms with van der Waals surface area (Å²) >= 11 is 0. The van der Waals surface area contributed by atoms with Crippen molar-refractivity contribution in [3.8, 4) is 0 Å². The van der Waals surface area contributed by atoms with Gasteiger partial charge in [-0.05, 0) is 36.8 Å². The van der Waals surface area contributed by atoms with Gasteiger partial charge >= 0.3 is 0 Å². The number of hydrogen-bond acceptors (Lipinski definition) is 3. The highest BCUT2D eigenvalue weighted by molar-refractivity contribution is 5.55. The molecule has 0 amide bonds. The van der Waals surface area contributed by atoms with Crippen LogP contribution in [0.2, 0.25) is 0 Å². The van der Waals surface area contributed by atoms with Crippen LogP contribution in [0.3, 0.4) is 0 Å². The van der Waals surface area contributed by atoms with Gasteiger partial charge < -0.3 is 14.4 Å². The lowest BCUT2D eigenvalue weighted by Crippen LogP contribution is -2.36. The molecular weight excluding hydrogens is 348 g/mol. The molecule has 0 bridgehead atoms. The summed E-state index contributed by atoms with van der Waals surface area (Å²) in [6.07, 6.45) is 4.34. The Morgan fingerprint density at radius 3 is 2.04 bits per heavy atom. The minimum atomic E-state index is -0.541. The summed E-state index contributed by atoms with van der Waals surface area (Å²) in [4.78, 5) is 6.92. The molecular formula is C24H30N2O2. The molecule has 0 unspecified atom stereocenters. The van der Waals surface area contributed by atoms with Gasteiger partial charge in [0.2, 0.25) is 0 Å². The standard InChI is InChI=1S/C24H30N2O2/c1-24(27-16-17-28-24)18-25-19-26-14-12-22(13-15-26)23(20-8-4-2-5-9-20)21-10-6-3-7-11-21/h2-11,19,22-23H,12-18H2,1H3/b25-19+. The first-order chi connectivity index (χ1) is 13.7. The third-order valence-corrected chi connectivity index (χ3v) is 5.88. The highest BCUT2D eigenvalue weighted by Gasteiger charge is 2.31. The lowest BCUT2D eigenvalue weighted by Gasteiger charge is -2.36. The number of hydrogen-bond donors (Lipinski definition) is 0. The van der Waals surface area contributed by atoms with Gasteiger partial charge in [-0.2, -0.15) is 0 Å². The van der Waals surface area contributed by atoms with Gasteiger partial charge in [-0.15, -0.1) is 0 Å². The predicted octanol–water partition coefficient (Wildman–Crippen LogP) is 4.32. The Balaban J connectivity index is 1.39. The van der Waals surface area contributed by atoms with Crippen molar-refractivity contribution in [3.63, 3.8) is 0 Å². The normalized spacial score (nSPS) is 20.3. The zero-order valence-corrected chi connectivity index (χ0v) is 16.7. The molecule has 0 radical (unpaired) electrons. The lowest BCUT2D eigenvalue weighted by molar-refractivity contribution is -0.132. The Labute approximate surface area is 168 Å². The van der Waals surface area contributed by atoms with Crippen molar-refractivity contribution < 1.29 is 9.47 Å². The molecule has 2 aliphatic heterocycles. The van der Waals surface area contributed by atoms with E-state index >= 15 is 0 Å². The van der Waals surface area contributed by atoms with Crippen molar-refractivity contribution in [2.45, 2.75) is 31.5 Å². The first-order valence-electron chi connectivity index (χ1n) is 10.4. The van der Waals surface area contributed by atoms with Gasteiger partial charge in [-0.3, -0.25) is 4.99 Å². The molecule has 28 heavy (non-hydrogen) atoms. The molecule has 2 aliphatic rings. The fourth-order valence-electron chi connectivity index (χ4n) is 4.40. The van der Waals surface area contributed by atoms with E-state index in [0.717, 1.165) is 13.1 Å². The number of nitrogens with zero attached hydrogens (tertiary/aromatic N) is 2. The Hall–Kier alpha value is -2.17. The van der Waals surface area contributed by atoms with E-state index in [1.807, 2.05) is 13.3 Å². The molecule has 148 valence electrons. The van der Waals surface area contributed by atoms with Crippen molar-refractivity contribution in [1.82, 2.24) is 4.90 Å². The van der Waals surface area contributed by atoms with Crippen LogP contribution < -0.4 is 0 Å². The first kappa shape index (κ1) is 19.2. The fourth-order valence-corrected chi connectivity index (χ4v) is 4.40. The van der Waals surface area contributed by atoms with Crippen LogP contribution in [0, 0.1) is 5.92 Å². The highest BCUT2D eigenvalue weighted by Crippen LogP contribution is 2.37. The Kier molecular flexibility index (Phi) is 6.08. The van der Waals surface area contributed by atoms with Crippen molar-refractivity contribution in [2.75, 3.05) is 32.8 Å². The quantitative estimate of drug-likeness (QED) is 0.554. The fraction of sp³-hybridized carbons (Fsp3) is 0.458. The zero-order chi connectivity index (χ0) is 19.2. The second-order valence-corrected chi connectivity index (χ2v) is 7.96. The predicted molar refractivity (Wildman–Crippen MR) is 113 cm³/mol. The van der Waals surface area contributed by atoms with Crippen LogP contribution in [0.5, 0.6) is 0 Å². The maximum absolute atomic E-state index is 5.62. The smallest absolute Gasteiger partial charge is 0.185 e. The van der Waals surface area contributed by atoms with Crippen molar-refractivity contribution >= 4 is 6.34 Å². The summed E-state index contributed by atoms with van der Waals surface area (Å²) in [5.74, 6) is 0.565. The molecule has 2 heterocycles. The number of likely N-dealkylation sites (tertiary alicyclic amines) is 1. The van der Waals surface area contributed by atoms with Gasteiger partial charge in [0.1, 0.15) is 0 Å². The summed E-state index contributed by atoms with van der Waals surface area (Å²) in [5.41, 5.74) is 2.84. The van der Waals surface area contributed by atoms with Crippen LogP contribution in [0.25, 0.3) is 0 Å². The number of rotatable bonds is 6. The van der Waals surface area contributed by atoms with Crippen LogP contribution in [0.15, 0.2) is 65.7 Å². The maximum Gasteiger partial charge on any atom is 0.185 e. The Bertz CT molecular complexity index is 709. The minimum absolute atomic E-state index is 0.459. The van der Waals surface area contributed by atoms with Gasteiger partial charge in [-0.1, -0.05) is 60.7 Å². The Morgan fingerprint density at radius 2 is 1.50 bits per heavy atom. The number of aliphatic imine (C=N–C) groups is 1. The second kappa shape index (κ2) is 8.89. The average Bonchev–Trinajstić information content (AvgIpc) is 3.17. The molecule has 0 spiro atoms. The van der Waals surface area contributed by atoms with E-state index in [1.165, 1.54) is 24.0 Å². The van der Waals surface area contributed by atoms with E-state index in [0.29, 0.717) is 31.6 Å². The lowest BCUT2D eigenvalue weighted by atomic mass is 9.76. The van der Waals surface area contributed by atoms with Crippen molar-refractivity contribution in [1.29, 1.82) is 0 Å². The van der Waals surface area contributed by atoms with Crippen LogP contribution in [-0.2, 0) is 9.47 Å². The summed E-state index contributed by atoms with van der Waals surface area (Å²) in [6, 6.07) is 21.9. The summed E-state index contributed by atoms with van der Waals surface area (Å²) in [7, 11) is 0. The molecule has 2 aromatic rings. The maximum atomic E-state index is 5.62. The zero-order valence-electron chi connectivity index (χ0n) is 16.7. The van der Waals surface area contributed by atoms with Gasteiger partial charge in [0.25, 0.3) is 0 Å². The van der Waals surface area contributed by atoms with E-state index < -0.39 is 5.79 Å². The van der Waals surface area contributed by atoms with Crippen molar-refractivity contribution in [3.05, 3.63) is 71.8 Å². The van der Waals surface area contributed by atoms with Crippen LogP contribution in [-0.4, -0.2) is 49.9 Å². The summed E-state index contributed by atoms with van der Waals surface area (Å²) in [5, 5.41) is 0. The van der Waals surface area contributed by atoms with E-state index in [9.17, 15) is 0 Å². The number of benzene rings is 2. The van der Waals surface area contributed by atoms with Crippen LogP contribution in [0.1, 0.15) is 36.8 Å². The molecule has 2 saturated heterocycles. The second-order valence-electron chi connectivity index (χ2n) is 7.96. The van der Waals surface area contributed by atoms with Crippen molar-refractivity contribution in [2.24, 2.45) is 10.9 Å². The number of ether oxygens (including phenoxy) is 2. The van der Waals surface area contributed by atoms with E-state index in [-0.39, 0.29) is 0 Å². The summed E-state index contributed by atoms with van der Waals surface area (Å²) in [6.45, 7) is 5.94. The third kappa shape index (κ3) is 4.62. The molecule has 0 N–H and O–H groups in total. The highest BCUT2D eigenvalue weighted by atomic mass is 16.7. The molecule has 2 fully saturated rings. The van der Waals surface area contributed by atoms with Gasteiger partial charge in [0.15, 0.2) is 5.79 Å². The Morgan fingerprint density at radius 1 is 0.964 bits per heavy atom.